The minimum atomic E-state index is -0.0740. The molecule has 3 nitrogen and oxygen atoms in total. The van der Waals surface area contributed by atoms with E-state index in [1.165, 1.54) is 5.56 Å². The maximum absolute atomic E-state index is 9.31. The summed E-state index contributed by atoms with van der Waals surface area (Å²) in [6.45, 7) is 2.07. The number of allylic oxidation sites excluding steroid dienone is 1. The van der Waals surface area contributed by atoms with Crippen molar-refractivity contribution >= 4 is 10.8 Å². The zero-order valence-corrected chi connectivity index (χ0v) is 14.0. The number of hydrogen-bond acceptors (Lipinski definition) is 3. The van der Waals surface area contributed by atoms with Crippen molar-refractivity contribution in [2.24, 2.45) is 5.73 Å². The lowest BCUT2D eigenvalue weighted by molar-refractivity contribution is 0.389. The third-order valence-electron chi connectivity index (χ3n) is 4.78. The molecule has 25 heavy (non-hydrogen) atoms. The van der Waals surface area contributed by atoms with E-state index in [-0.39, 0.29) is 12.3 Å². The second-order valence-electron chi connectivity index (χ2n) is 6.37. The van der Waals surface area contributed by atoms with E-state index < -0.39 is 0 Å². The smallest absolute Gasteiger partial charge is 0.192 e. The number of benzene rings is 3. The molecule has 4 rings (SSSR count). The summed E-state index contributed by atoms with van der Waals surface area (Å²) in [7, 11) is 0. The molecule has 1 aliphatic rings. The maximum atomic E-state index is 9.31. The zero-order chi connectivity index (χ0) is 17.4. The molecule has 3 aromatic rings. The molecule has 0 aromatic heterocycles. The van der Waals surface area contributed by atoms with E-state index in [1.807, 2.05) is 24.3 Å². The molecule has 0 radical (unpaired) electrons. The molecule has 1 heterocycles. The molecule has 0 fully saturated rings. The van der Waals surface area contributed by atoms with Crippen LogP contribution in [-0.2, 0) is 0 Å². The average Bonchev–Trinajstić information content (AvgIpc) is 2.63. The molecule has 0 bridgehead atoms. The van der Waals surface area contributed by atoms with Crippen LogP contribution >= 0.6 is 0 Å². The van der Waals surface area contributed by atoms with Gasteiger partial charge in [0, 0.05) is 17.1 Å². The van der Waals surface area contributed by atoms with Gasteiger partial charge < -0.3 is 10.5 Å². The topological polar surface area (TPSA) is 59.0 Å². The highest BCUT2D eigenvalue weighted by Crippen LogP contribution is 2.46. The molecule has 3 heteroatoms. The lowest BCUT2D eigenvalue weighted by Gasteiger charge is -2.30. The Kier molecular flexibility index (Phi) is 3.66. The molecule has 3 aromatic carbocycles. The predicted molar refractivity (Wildman–Crippen MR) is 99.0 cm³/mol. The van der Waals surface area contributed by atoms with Crippen LogP contribution in [0.5, 0.6) is 5.75 Å². The quantitative estimate of drug-likeness (QED) is 0.739. The van der Waals surface area contributed by atoms with Gasteiger partial charge in [-0.25, -0.2) is 0 Å². The predicted octanol–water partition coefficient (Wildman–Crippen LogP) is 4.76. The summed E-state index contributed by atoms with van der Waals surface area (Å²) in [6.07, 6.45) is 0.243. The number of ether oxygens (including phenoxy) is 1. The van der Waals surface area contributed by atoms with Crippen molar-refractivity contribution in [1.82, 2.24) is 0 Å². The van der Waals surface area contributed by atoms with Crippen LogP contribution in [0.25, 0.3) is 10.8 Å². The fraction of sp³-hybridized carbons (Fsp3) is 0.136. The lowest BCUT2D eigenvalue weighted by Crippen LogP contribution is -2.22. The number of nitriles is 1. The third-order valence-corrected chi connectivity index (χ3v) is 4.78. The fourth-order valence-electron chi connectivity index (χ4n) is 3.56. The summed E-state index contributed by atoms with van der Waals surface area (Å²) in [5.74, 6) is 1.04. The van der Waals surface area contributed by atoms with E-state index in [9.17, 15) is 5.26 Å². The Morgan fingerprint density at radius 1 is 1.04 bits per heavy atom. The fourth-order valence-corrected chi connectivity index (χ4v) is 3.56. The normalized spacial score (nSPS) is 16.2. The van der Waals surface area contributed by atoms with Crippen molar-refractivity contribution in [3.63, 3.8) is 0 Å². The van der Waals surface area contributed by atoms with Gasteiger partial charge >= 0.3 is 0 Å². The van der Waals surface area contributed by atoms with Gasteiger partial charge in [0.05, 0.1) is 12.5 Å². The first-order chi connectivity index (χ1) is 12.2. The first-order valence-corrected chi connectivity index (χ1v) is 8.30. The number of rotatable bonds is 2. The molecular formula is C22H18N2O. The number of hydrogen-bond donors (Lipinski definition) is 1. The third kappa shape index (κ3) is 2.53. The van der Waals surface area contributed by atoms with Gasteiger partial charge in [-0.1, -0.05) is 60.2 Å². The monoisotopic (exact) mass is 326 g/mol. The summed E-state index contributed by atoms with van der Waals surface area (Å²) in [5, 5.41) is 11.6. The number of nitrogens with two attached hydrogens (primary N) is 1. The molecular weight excluding hydrogens is 308 g/mol. The maximum Gasteiger partial charge on any atom is 0.192 e. The van der Waals surface area contributed by atoms with Gasteiger partial charge in [0.25, 0.3) is 0 Å². The molecule has 2 N–H and O–H groups in total. The van der Waals surface area contributed by atoms with Crippen LogP contribution in [-0.4, -0.2) is 0 Å². The zero-order valence-electron chi connectivity index (χ0n) is 14.0. The summed E-state index contributed by atoms with van der Waals surface area (Å²) < 4.78 is 5.89. The highest BCUT2D eigenvalue weighted by molar-refractivity contribution is 5.89. The Morgan fingerprint density at radius 2 is 1.80 bits per heavy atom. The molecule has 1 unspecified atom stereocenters. The van der Waals surface area contributed by atoms with E-state index in [4.69, 9.17) is 10.5 Å². The van der Waals surface area contributed by atoms with Crippen LogP contribution in [0.4, 0.5) is 0 Å². The first-order valence-electron chi connectivity index (χ1n) is 8.30. The van der Waals surface area contributed by atoms with E-state index in [2.05, 4.69) is 49.4 Å². The summed E-state index contributed by atoms with van der Waals surface area (Å²) in [4.78, 5) is 0. The summed E-state index contributed by atoms with van der Waals surface area (Å²) in [5.41, 5.74) is 10.4. The molecule has 0 saturated carbocycles. The molecule has 0 spiro atoms. The summed E-state index contributed by atoms with van der Waals surface area (Å²) >= 11 is 0. The average molecular weight is 326 g/mol. The Bertz CT molecular complexity index is 1030. The Morgan fingerprint density at radius 3 is 2.56 bits per heavy atom. The minimum Gasteiger partial charge on any atom is -0.441 e. The largest absolute Gasteiger partial charge is 0.441 e. The van der Waals surface area contributed by atoms with Gasteiger partial charge in [0.1, 0.15) is 5.75 Å². The highest BCUT2D eigenvalue weighted by Gasteiger charge is 2.31. The van der Waals surface area contributed by atoms with Crippen LogP contribution in [0.2, 0.25) is 0 Å². The van der Waals surface area contributed by atoms with Gasteiger partial charge in [-0.15, -0.1) is 0 Å². The number of aryl methyl sites for hydroxylation is 1. The Balaban J connectivity index is 2.02. The molecule has 0 saturated heterocycles. The first kappa shape index (κ1) is 15.3. The van der Waals surface area contributed by atoms with Crippen LogP contribution in [0.3, 0.4) is 0 Å². The molecule has 0 amide bonds. The van der Waals surface area contributed by atoms with E-state index in [0.717, 1.165) is 33.2 Å². The number of nitrogens with zero attached hydrogens (tertiary/aromatic N) is 1. The van der Waals surface area contributed by atoms with Crippen LogP contribution < -0.4 is 10.5 Å². The molecule has 0 aliphatic carbocycles. The molecule has 1 atom stereocenters. The van der Waals surface area contributed by atoms with Crippen molar-refractivity contribution in [2.45, 2.75) is 19.3 Å². The van der Waals surface area contributed by atoms with Crippen molar-refractivity contribution < 1.29 is 4.74 Å². The lowest BCUT2D eigenvalue weighted by atomic mass is 9.79. The number of fused-ring (bicyclic) bond motifs is 3. The second-order valence-corrected chi connectivity index (χ2v) is 6.37. The minimum absolute atomic E-state index is 0.0740. The van der Waals surface area contributed by atoms with Gasteiger partial charge in [-0.3, -0.25) is 0 Å². The van der Waals surface area contributed by atoms with E-state index >= 15 is 0 Å². The van der Waals surface area contributed by atoms with Crippen molar-refractivity contribution in [2.75, 3.05) is 0 Å². The van der Waals surface area contributed by atoms with Crippen molar-refractivity contribution in [3.8, 4) is 11.8 Å². The van der Waals surface area contributed by atoms with E-state index in [0.29, 0.717) is 5.88 Å². The Labute approximate surface area is 147 Å². The Hall–Kier alpha value is -3.25. The molecule has 122 valence electrons. The van der Waals surface area contributed by atoms with Crippen LogP contribution in [0, 0.1) is 18.3 Å². The SMILES string of the molecule is Cc1ccc(C2C(CC#N)=C(N)Oc3ccc4ccccc4c32)cc1. The van der Waals surface area contributed by atoms with Gasteiger partial charge in [-0.2, -0.15) is 5.26 Å². The summed E-state index contributed by atoms with van der Waals surface area (Å²) in [6, 6.07) is 22.9. The molecule has 1 aliphatic heterocycles. The standard InChI is InChI=1S/C22H18N2O/c1-14-6-8-16(9-7-14)20-18(12-13-23)22(24)25-19-11-10-15-4-2-3-5-17(15)21(19)20/h2-11,20H,12,24H2,1H3. The second kappa shape index (κ2) is 5.99. The van der Waals surface area contributed by atoms with Crippen molar-refractivity contribution in [3.05, 3.63) is 88.8 Å². The van der Waals surface area contributed by atoms with Crippen molar-refractivity contribution in [1.29, 1.82) is 5.26 Å². The van der Waals surface area contributed by atoms with E-state index in [1.54, 1.807) is 0 Å². The van der Waals surface area contributed by atoms with Gasteiger partial charge in [-0.05, 0) is 29.3 Å². The highest BCUT2D eigenvalue weighted by atomic mass is 16.5. The van der Waals surface area contributed by atoms with Crippen LogP contribution in [0.1, 0.15) is 29.0 Å². The van der Waals surface area contributed by atoms with Gasteiger partial charge in [0.15, 0.2) is 5.88 Å². The van der Waals surface area contributed by atoms with Crippen LogP contribution in [0.15, 0.2) is 72.1 Å². The van der Waals surface area contributed by atoms with Gasteiger partial charge in [0.2, 0.25) is 0 Å².